The molecular weight excluding hydrogens is 408 g/mol. The lowest BCUT2D eigenvalue weighted by atomic mass is 9.90. The zero-order chi connectivity index (χ0) is 21.8. The molecule has 0 fully saturated rings. The first kappa shape index (κ1) is 21.8. The van der Waals surface area contributed by atoms with E-state index in [2.05, 4.69) is 5.32 Å². The number of nitrogens with zero attached hydrogens (tertiary/aromatic N) is 1. The summed E-state index contributed by atoms with van der Waals surface area (Å²) in [5.41, 5.74) is 3.34. The third-order valence-corrected chi connectivity index (χ3v) is 5.53. The lowest BCUT2D eigenvalue weighted by Gasteiger charge is -2.37. The lowest BCUT2D eigenvalue weighted by molar-refractivity contribution is -0.141. The molecule has 0 aromatic heterocycles. The summed E-state index contributed by atoms with van der Waals surface area (Å²) in [7, 11) is 4.45. The van der Waals surface area contributed by atoms with Gasteiger partial charge in [0, 0.05) is 6.54 Å². The summed E-state index contributed by atoms with van der Waals surface area (Å²) >= 11 is 6.27. The molecule has 0 spiro atoms. The number of esters is 1. The third kappa shape index (κ3) is 4.46. The largest absolute Gasteiger partial charge is 0.493 e. The van der Waals surface area contributed by atoms with Gasteiger partial charge in [-0.05, 0) is 54.3 Å². The van der Waals surface area contributed by atoms with Crippen LogP contribution in [0.15, 0.2) is 30.3 Å². The number of anilines is 1. The van der Waals surface area contributed by atoms with Crippen LogP contribution in [0.2, 0.25) is 5.02 Å². The zero-order valence-corrected chi connectivity index (χ0v) is 18.2. The van der Waals surface area contributed by atoms with Crippen LogP contribution in [0.4, 0.5) is 10.5 Å². The van der Waals surface area contributed by atoms with E-state index in [-0.39, 0.29) is 12.5 Å². The first-order valence-corrected chi connectivity index (χ1v) is 9.91. The normalized spacial score (nSPS) is 15.2. The second-order valence-corrected chi connectivity index (χ2v) is 7.47. The van der Waals surface area contributed by atoms with Crippen molar-refractivity contribution >= 4 is 29.3 Å². The van der Waals surface area contributed by atoms with Crippen molar-refractivity contribution in [3.8, 4) is 11.5 Å². The van der Waals surface area contributed by atoms with Crippen molar-refractivity contribution in [2.45, 2.75) is 25.8 Å². The van der Waals surface area contributed by atoms with E-state index in [1.165, 1.54) is 7.11 Å². The van der Waals surface area contributed by atoms with Crippen LogP contribution >= 0.6 is 11.6 Å². The van der Waals surface area contributed by atoms with Crippen LogP contribution in [0.3, 0.4) is 0 Å². The minimum absolute atomic E-state index is 0.0219. The molecule has 1 heterocycles. The number of ether oxygens (including phenoxy) is 3. The number of methoxy groups -OCH3 is 3. The van der Waals surface area contributed by atoms with E-state index >= 15 is 0 Å². The minimum Gasteiger partial charge on any atom is -0.493 e. The fourth-order valence-corrected chi connectivity index (χ4v) is 3.92. The van der Waals surface area contributed by atoms with E-state index in [1.807, 2.05) is 25.1 Å². The summed E-state index contributed by atoms with van der Waals surface area (Å²) in [5.74, 6) is 0.737. The van der Waals surface area contributed by atoms with E-state index in [1.54, 1.807) is 31.3 Å². The SMILES string of the molecule is COC(=O)C[C@@H]1c2cc(OC)c(OC)cc2CCN1C(=O)Nc1ccc(C)cc1Cl. The minimum atomic E-state index is -0.509. The highest BCUT2D eigenvalue weighted by Gasteiger charge is 2.34. The van der Waals surface area contributed by atoms with Gasteiger partial charge in [-0.25, -0.2) is 4.79 Å². The number of hydrogen-bond acceptors (Lipinski definition) is 5. The summed E-state index contributed by atoms with van der Waals surface area (Å²) in [5, 5.41) is 3.31. The molecule has 0 saturated heterocycles. The zero-order valence-electron chi connectivity index (χ0n) is 17.5. The monoisotopic (exact) mass is 432 g/mol. The van der Waals surface area contributed by atoms with E-state index in [0.29, 0.717) is 35.2 Å². The van der Waals surface area contributed by atoms with Crippen molar-refractivity contribution in [1.82, 2.24) is 4.90 Å². The molecule has 1 aliphatic heterocycles. The molecule has 160 valence electrons. The van der Waals surface area contributed by atoms with E-state index in [4.69, 9.17) is 25.8 Å². The Bertz CT molecular complexity index is 963. The number of rotatable bonds is 5. The molecule has 3 rings (SSSR count). The van der Waals surface area contributed by atoms with Gasteiger partial charge in [-0.3, -0.25) is 4.79 Å². The van der Waals surface area contributed by atoms with E-state index in [9.17, 15) is 9.59 Å². The van der Waals surface area contributed by atoms with Gasteiger partial charge in [0.2, 0.25) is 0 Å². The van der Waals surface area contributed by atoms with Crippen molar-refractivity contribution in [2.75, 3.05) is 33.2 Å². The molecule has 0 saturated carbocycles. The topological polar surface area (TPSA) is 77.1 Å². The summed E-state index contributed by atoms with van der Waals surface area (Å²) in [6.07, 6.45) is 0.635. The standard InChI is InChI=1S/C22H25ClN2O5/c1-13-5-6-17(16(23)9-13)24-22(27)25-8-7-14-10-19(28-2)20(29-3)11-15(14)18(25)12-21(26)30-4/h5-6,9-11,18H,7-8,12H2,1-4H3,(H,24,27)/t18-/m1/s1. The summed E-state index contributed by atoms with van der Waals surface area (Å²) < 4.78 is 15.7. The maximum absolute atomic E-state index is 13.1. The number of benzene rings is 2. The molecule has 1 N–H and O–H groups in total. The highest BCUT2D eigenvalue weighted by atomic mass is 35.5. The van der Waals surface area contributed by atoms with Gasteiger partial charge in [0.15, 0.2) is 11.5 Å². The van der Waals surface area contributed by atoms with Gasteiger partial charge in [0.05, 0.1) is 44.5 Å². The van der Waals surface area contributed by atoms with Crippen LogP contribution in [0, 0.1) is 6.92 Å². The van der Waals surface area contributed by atoms with Crippen molar-refractivity contribution in [1.29, 1.82) is 0 Å². The van der Waals surface area contributed by atoms with Crippen LogP contribution in [-0.4, -0.2) is 44.8 Å². The summed E-state index contributed by atoms with van der Waals surface area (Å²) in [6.45, 7) is 2.35. The summed E-state index contributed by atoms with van der Waals surface area (Å²) in [4.78, 5) is 26.9. The molecular formula is C22H25ClN2O5. The van der Waals surface area contributed by atoms with Gasteiger partial charge in [-0.2, -0.15) is 0 Å². The average Bonchev–Trinajstić information content (AvgIpc) is 2.74. The molecule has 8 heteroatoms. The number of fused-ring (bicyclic) bond motifs is 1. The van der Waals surface area contributed by atoms with Gasteiger partial charge in [0.1, 0.15) is 0 Å². The molecule has 0 bridgehead atoms. The van der Waals surface area contributed by atoms with E-state index in [0.717, 1.165) is 16.7 Å². The van der Waals surface area contributed by atoms with Gasteiger partial charge in [-0.15, -0.1) is 0 Å². The number of halogens is 1. The first-order chi connectivity index (χ1) is 14.4. The number of amides is 2. The Balaban J connectivity index is 1.95. The van der Waals surface area contributed by atoms with Crippen LogP contribution in [0.5, 0.6) is 11.5 Å². The fraction of sp³-hybridized carbons (Fsp3) is 0.364. The van der Waals surface area contributed by atoms with Crippen molar-refractivity contribution in [3.05, 3.63) is 52.0 Å². The Morgan fingerprint density at radius 2 is 1.83 bits per heavy atom. The van der Waals surface area contributed by atoms with Crippen molar-refractivity contribution in [3.63, 3.8) is 0 Å². The predicted octanol–water partition coefficient (Wildman–Crippen LogP) is 4.36. The fourth-order valence-electron chi connectivity index (χ4n) is 3.64. The second-order valence-electron chi connectivity index (χ2n) is 7.06. The van der Waals surface area contributed by atoms with Gasteiger partial charge in [-0.1, -0.05) is 17.7 Å². The number of urea groups is 1. The van der Waals surface area contributed by atoms with Crippen LogP contribution < -0.4 is 14.8 Å². The molecule has 7 nitrogen and oxygen atoms in total. The number of hydrogen-bond donors (Lipinski definition) is 1. The smallest absolute Gasteiger partial charge is 0.322 e. The van der Waals surface area contributed by atoms with Crippen molar-refractivity contribution in [2.24, 2.45) is 0 Å². The Kier molecular flexibility index (Phi) is 6.72. The Morgan fingerprint density at radius 1 is 1.13 bits per heavy atom. The number of carbonyl (C=O) groups is 2. The molecule has 1 aliphatic rings. The third-order valence-electron chi connectivity index (χ3n) is 5.22. The van der Waals surface area contributed by atoms with Crippen molar-refractivity contribution < 1.29 is 23.8 Å². The maximum atomic E-state index is 13.1. The number of nitrogens with one attached hydrogen (secondary N) is 1. The first-order valence-electron chi connectivity index (χ1n) is 9.53. The molecule has 30 heavy (non-hydrogen) atoms. The Morgan fingerprint density at radius 3 is 2.47 bits per heavy atom. The second kappa shape index (κ2) is 9.26. The molecule has 2 amide bonds. The van der Waals surface area contributed by atoms with Gasteiger partial charge in [0.25, 0.3) is 0 Å². The molecule has 0 aliphatic carbocycles. The molecule has 1 atom stereocenters. The highest BCUT2D eigenvalue weighted by Crippen LogP contribution is 2.40. The maximum Gasteiger partial charge on any atom is 0.322 e. The highest BCUT2D eigenvalue weighted by molar-refractivity contribution is 6.33. The number of carbonyl (C=O) groups excluding carboxylic acids is 2. The Hall–Kier alpha value is -2.93. The molecule has 0 radical (unpaired) electrons. The lowest BCUT2D eigenvalue weighted by Crippen LogP contribution is -2.43. The molecule has 2 aromatic carbocycles. The molecule has 0 unspecified atom stereocenters. The molecule has 2 aromatic rings. The van der Waals surface area contributed by atoms with Crippen LogP contribution in [0.25, 0.3) is 0 Å². The predicted molar refractivity (Wildman–Crippen MR) is 115 cm³/mol. The van der Waals surface area contributed by atoms with Gasteiger partial charge >= 0.3 is 12.0 Å². The quantitative estimate of drug-likeness (QED) is 0.710. The average molecular weight is 433 g/mol. The summed E-state index contributed by atoms with van der Waals surface area (Å²) in [6, 6.07) is 8.28. The number of aryl methyl sites for hydroxylation is 1. The Labute approximate surface area is 180 Å². The van der Waals surface area contributed by atoms with Crippen LogP contribution in [0.1, 0.15) is 29.2 Å². The van der Waals surface area contributed by atoms with Crippen LogP contribution in [-0.2, 0) is 16.0 Å². The van der Waals surface area contributed by atoms with Gasteiger partial charge < -0.3 is 24.4 Å². The van der Waals surface area contributed by atoms with E-state index < -0.39 is 12.0 Å².